The fraction of sp³-hybridized carbons (Fsp3) is 0.379. The number of rotatable bonds is 3. The standard InChI is InChI=1S/C29H34N3O2/c1-29(2,3)34-28(33)30(4)27-23(19-31-17-15-21-9-5-7-11-25(21)31)13-14-24(27)20-32-18-16-22-10-6-8-12-26(22)32/h5-12,19-20H,13-18H2,1-4H3/q+1. The molecule has 2 aliphatic heterocycles. The van der Waals surface area contributed by atoms with Crippen molar-refractivity contribution >= 4 is 23.7 Å². The Morgan fingerprint density at radius 2 is 1.74 bits per heavy atom. The fourth-order valence-corrected chi connectivity index (χ4v) is 5.19. The molecule has 0 N–H and O–H groups in total. The van der Waals surface area contributed by atoms with Crippen molar-refractivity contribution in [1.29, 1.82) is 0 Å². The van der Waals surface area contributed by atoms with Crippen LogP contribution in [0.5, 0.6) is 0 Å². The minimum atomic E-state index is -0.542. The molecule has 2 aromatic carbocycles. The van der Waals surface area contributed by atoms with Crippen LogP contribution in [0.3, 0.4) is 0 Å². The van der Waals surface area contributed by atoms with Crippen LogP contribution in [-0.2, 0) is 17.6 Å². The first-order chi connectivity index (χ1) is 16.3. The molecule has 0 bridgehead atoms. The van der Waals surface area contributed by atoms with Crippen LogP contribution < -0.4 is 4.90 Å². The molecule has 0 saturated heterocycles. The molecule has 0 unspecified atom stereocenters. The Hall–Kier alpha value is -3.34. The lowest BCUT2D eigenvalue weighted by atomic mass is 10.1. The number of anilines is 1. The lowest BCUT2D eigenvalue weighted by Gasteiger charge is -2.27. The maximum absolute atomic E-state index is 13.1. The van der Waals surface area contributed by atoms with Crippen LogP contribution in [0, 0.1) is 0 Å². The average Bonchev–Trinajstić information content (AvgIpc) is 3.51. The van der Waals surface area contributed by atoms with E-state index in [2.05, 4.69) is 70.4 Å². The van der Waals surface area contributed by atoms with Gasteiger partial charge in [-0.25, -0.2) is 4.79 Å². The summed E-state index contributed by atoms with van der Waals surface area (Å²) in [4.78, 5) is 17.2. The van der Waals surface area contributed by atoms with Crippen LogP contribution in [0.15, 0.2) is 71.6 Å². The van der Waals surface area contributed by atoms with Crippen LogP contribution in [0.25, 0.3) is 0 Å². The van der Waals surface area contributed by atoms with Gasteiger partial charge in [-0.05, 0) is 57.2 Å². The van der Waals surface area contributed by atoms with Crippen LogP contribution in [0.4, 0.5) is 16.2 Å². The summed E-state index contributed by atoms with van der Waals surface area (Å²) in [5, 5.41) is 0. The molecule has 1 aliphatic carbocycles. The largest absolute Gasteiger partial charge is 0.443 e. The van der Waals surface area contributed by atoms with Crippen molar-refractivity contribution in [3.05, 3.63) is 82.7 Å². The molecular weight excluding hydrogens is 422 g/mol. The molecule has 2 aromatic rings. The van der Waals surface area contributed by atoms with E-state index in [1.165, 1.54) is 33.6 Å². The first-order valence-electron chi connectivity index (χ1n) is 12.2. The number of likely N-dealkylation sites (N-methyl/N-ethyl adjacent to an activating group) is 1. The minimum Gasteiger partial charge on any atom is -0.443 e. The summed E-state index contributed by atoms with van der Waals surface area (Å²) >= 11 is 0. The van der Waals surface area contributed by atoms with Crippen LogP contribution in [-0.4, -0.2) is 47.5 Å². The molecule has 0 saturated carbocycles. The maximum atomic E-state index is 13.1. The van der Waals surface area contributed by atoms with Gasteiger partial charge in [-0.3, -0.25) is 4.90 Å². The average molecular weight is 457 g/mol. The SMILES string of the molecule is CN(C(=O)OC(C)(C)C)C1=C(C=[N+]2CCc3ccccc32)CCC1=CN1CCc2ccccc21. The molecule has 0 aromatic heterocycles. The normalized spacial score (nSPS) is 19.7. The number of hydrogen-bond donors (Lipinski definition) is 0. The second kappa shape index (κ2) is 8.79. The summed E-state index contributed by atoms with van der Waals surface area (Å²) in [5.41, 5.74) is 8.09. The summed E-state index contributed by atoms with van der Waals surface area (Å²) in [6, 6.07) is 17.2. The fourth-order valence-electron chi connectivity index (χ4n) is 5.19. The maximum Gasteiger partial charge on any atom is 0.414 e. The van der Waals surface area contributed by atoms with Crippen molar-refractivity contribution in [3.63, 3.8) is 0 Å². The highest BCUT2D eigenvalue weighted by Crippen LogP contribution is 2.37. The molecule has 5 heteroatoms. The summed E-state index contributed by atoms with van der Waals surface area (Å²) < 4.78 is 8.08. The number of fused-ring (bicyclic) bond motifs is 2. The second-order valence-electron chi connectivity index (χ2n) is 10.3. The summed E-state index contributed by atoms with van der Waals surface area (Å²) in [7, 11) is 1.84. The number of allylic oxidation sites excluding steroid dienone is 2. The summed E-state index contributed by atoms with van der Waals surface area (Å²) in [5.74, 6) is 0. The highest BCUT2D eigenvalue weighted by atomic mass is 16.6. The smallest absolute Gasteiger partial charge is 0.414 e. The molecule has 0 fully saturated rings. The van der Waals surface area contributed by atoms with Gasteiger partial charge in [0.2, 0.25) is 5.69 Å². The lowest BCUT2D eigenvalue weighted by Crippen LogP contribution is -2.34. The number of para-hydroxylation sites is 2. The summed E-state index contributed by atoms with van der Waals surface area (Å²) in [6.07, 6.45) is 8.09. The van der Waals surface area contributed by atoms with E-state index in [0.717, 1.165) is 44.5 Å². The van der Waals surface area contributed by atoms with E-state index in [9.17, 15) is 4.79 Å². The van der Waals surface area contributed by atoms with Crippen molar-refractivity contribution in [2.24, 2.45) is 0 Å². The van der Waals surface area contributed by atoms with E-state index in [-0.39, 0.29) is 6.09 Å². The molecule has 1 amide bonds. The zero-order valence-corrected chi connectivity index (χ0v) is 20.7. The van der Waals surface area contributed by atoms with Gasteiger partial charge in [0.05, 0.1) is 5.70 Å². The third kappa shape index (κ3) is 4.39. The van der Waals surface area contributed by atoms with Crippen molar-refractivity contribution < 1.29 is 14.1 Å². The van der Waals surface area contributed by atoms with E-state index in [4.69, 9.17) is 4.74 Å². The van der Waals surface area contributed by atoms with Gasteiger partial charge in [-0.2, -0.15) is 4.58 Å². The van der Waals surface area contributed by atoms with Gasteiger partial charge in [0, 0.05) is 49.1 Å². The molecule has 5 nitrogen and oxygen atoms in total. The van der Waals surface area contributed by atoms with Gasteiger partial charge < -0.3 is 9.64 Å². The van der Waals surface area contributed by atoms with Gasteiger partial charge in [-0.1, -0.05) is 36.4 Å². The van der Waals surface area contributed by atoms with Gasteiger partial charge >= 0.3 is 6.09 Å². The predicted octanol–water partition coefficient (Wildman–Crippen LogP) is 5.82. The predicted molar refractivity (Wildman–Crippen MR) is 137 cm³/mol. The number of carbonyl (C=O) groups is 1. The van der Waals surface area contributed by atoms with Crippen molar-refractivity contribution in [3.8, 4) is 0 Å². The third-order valence-corrected chi connectivity index (χ3v) is 6.74. The quantitative estimate of drug-likeness (QED) is 0.546. The zero-order valence-electron chi connectivity index (χ0n) is 20.7. The van der Waals surface area contributed by atoms with Gasteiger partial charge in [0.15, 0.2) is 12.8 Å². The second-order valence-corrected chi connectivity index (χ2v) is 10.3. The van der Waals surface area contributed by atoms with Crippen LogP contribution in [0.2, 0.25) is 0 Å². The minimum absolute atomic E-state index is 0.315. The highest BCUT2D eigenvalue weighted by Gasteiger charge is 2.32. The van der Waals surface area contributed by atoms with Gasteiger partial charge in [0.1, 0.15) is 5.60 Å². The van der Waals surface area contributed by atoms with Crippen LogP contribution in [0.1, 0.15) is 44.7 Å². The number of carbonyl (C=O) groups excluding carboxylic acids is 1. The molecule has 3 aliphatic rings. The van der Waals surface area contributed by atoms with Crippen molar-refractivity contribution in [2.45, 2.75) is 52.1 Å². The Bertz CT molecular complexity index is 1220. The number of nitrogens with zero attached hydrogens (tertiary/aromatic N) is 3. The van der Waals surface area contributed by atoms with E-state index < -0.39 is 5.60 Å². The Labute approximate surface area is 202 Å². The molecule has 0 spiro atoms. The molecule has 176 valence electrons. The highest BCUT2D eigenvalue weighted by molar-refractivity contribution is 5.83. The lowest BCUT2D eigenvalue weighted by molar-refractivity contribution is -0.423. The summed E-state index contributed by atoms with van der Waals surface area (Å²) in [6.45, 7) is 7.66. The molecule has 2 heterocycles. The van der Waals surface area contributed by atoms with E-state index in [1.54, 1.807) is 4.90 Å². The van der Waals surface area contributed by atoms with Gasteiger partial charge in [0.25, 0.3) is 0 Å². The zero-order chi connectivity index (χ0) is 23.9. The number of amides is 1. The molecule has 0 atom stereocenters. The first kappa shape index (κ1) is 22.5. The van der Waals surface area contributed by atoms with E-state index in [0.29, 0.717) is 0 Å². The van der Waals surface area contributed by atoms with Gasteiger partial charge in [-0.15, -0.1) is 0 Å². The topological polar surface area (TPSA) is 35.8 Å². The van der Waals surface area contributed by atoms with E-state index in [1.807, 2.05) is 27.8 Å². The number of hydrogen-bond acceptors (Lipinski definition) is 3. The van der Waals surface area contributed by atoms with Crippen LogP contribution >= 0.6 is 0 Å². The molecule has 34 heavy (non-hydrogen) atoms. The number of ether oxygens (including phenoxy) is 1. The Kier molecular flexibility index (Phi) is 5.80. The number of benzene rings is 2. The monoisotopic (exact) mass is 456 g/mol. The van der Waals surface area contributed by atoms with Crippen molar-refractivity contribution in [2.75, 3.05) is 25.0 Å². The van der Waals surface area contributed by atoms with Crippen molar-refractivity contribution in [1.82, 2.24) is 4.90 Å². The Morgan fingerprint density at radius 3 is 2.53 bits per heavy atom. The molecule has 5 rings (SSSR count). The first-order valence-corrected chi connectivity index (χ1v) is 12.2. The molecule has 0 radical (unpaired) electrons. The Balaban J connectivity index is 1.54. The molecular formula is C29H34N3O2+. The Morgan fingerprint density at radius 1 is 1.00 bits per heavy atom. The third-order valence-electron chi connectivity index (χ3n) is 6.74. The van der Waals surface area contributed by atoms with E-state index >= 15 is 0 Å².